The van der Waals surface area contributed by atoms with Crippen LogP contribution in [0.4, 0.5) is 0 Å². The summed E-state index contributed by atoms with van der Waals surface area (Å²) in [6.07, 6.45) is 1.95. The van der Waals surface area contributed by atoms with E-state index in [-0.39, 0.29) is 0 Å². The number of nitrogens with one attached hydrogen (secondary N) is 1. The molecular formula is C12H12ClN3O. The predicted octanol–water partition coefficient (Wildman–Crippen LogP) is 2.31. The van der Waals surface area contributed by atoms with Crippen LogP contribution in [0.1, 0.15) is 5.89 Å². The van der Waals surface area contributed by atoms with E-state index >= 15 is 0 Å². The number of rotatable bonds is 1. The number of benzene rings is 1. The Kier molecular flexibility index (Phi) is 2.53. The Hall–Kier alpha value is -1.52. The third-order valence-corrected chi connectivity index (χ3v) is 2.94. The molecule has 1 N–H and O–H groups in total. The quantitative estimate of drug-likeness (QED) is 0.842. The van der Waals surface area contributed by atoms with Gasteiger partial charge in [-0.25, -0.2) is 4.98 Å². The highest BCUT2D eigenvalue weighted by Gasteiger charge is 2.15. The molecule has 0 atom stereocenters. The average Bonchev–Trinajstić information content (AvgIpc) is 2.72. The molecule has 0 bridgehead atoms. The Balaban J connectivity index is 2.03. The fourth-order valence-corrected chi connectivity index (χ4v) is 2.05. The van der Waals surface area contributed by atoms with Gasteiger partial charge < -0.3 is 9.73 Å². The number of likely N-dealkylation sites (N-methyl/N-ethyl adjacent to an activating group) is 1. The minimum atomic E-state index is 0.654. The monoisotopic (exact) mass is 249 g/mol. The van der Waals surface area contributed by atoms with Crippen molar-refractivity contribution in [2.45, 2.75) is 0 Å². The Bertz CT molecular complexity index is 590. The lowest BCUT2D eigenvalue weighted by molar-refractivity contribution is 0.345. The number of hydrogen-bond donors (Lipinski definition) is 1. The van der Waals surface area contributed by atoms with Gasteiger partial charge in [0.1, 0.15) is 5.52 Å². The summed E-state index contributed by atoms with van der Waals surface area (Å²) < 4.78 is 5.71. The van der Waals surface area contributed by atoms with Crippen molar-refractivity contribution in [2.75, 3.05) is 20.3 Å². The molecule has 88 valence electrons. The average molecular weight is 250 g/mol. The van der Waals surface area contributed by atoms with E-state index in [1.807, 2.05) is 25.4 Å². The molecule has 0 aliphatic carbocycles. The second kappa shape index (κ2) is 4.05. The first-order chi connectivity index (χ1) is 8.22. The molecule has 2 heterocycles. The fourth-order valence-electron chi connectivity index (χ4n) is 1.88. The summed E-state index contributed by atoms with van der Waals surface area (Å²) in [7, 11) is 2.04. The number of aromatic nitrogens is 1. The molecule has 5 heteroatoms. The molecule has 0 saturated heterocycles. The summed E-state index contributed by atoms with van der Waals surface area (Å²) in [5.74, 6) is 0.654. The van der Waals surface area contributed by atoms with Gasteiger partial charge in [0.2, 0.25) is 5.89 Å². The zero-order chi connectivity index (χ0) is 11.8. The molecule has 1 aliphatic heterocycles. The van der Waals surface area contributed by atoms with Crippen molar-refractivity contribution < 1.29 is 4.42 Å². The first-order valence-corrected chi connectivity index (χ1v) is 5.77. The van der Waals surface area contributed by atoms with Crippen molar-refractivity contribution in [3.63, 3.8) is 0 Å². The first-order valence-electron chi connectivity index (χ1n) is 5.40. The second-order valence-corrected chi connectivity index (χ2v) is 4.61. The maximum Gasteiger partial charge on any atom is 0.226 e. The number of oxazole rings is 1. The number of nitrogens with zero attached hydrogens (tertiary/aromatic N) is 2. The van der Waals surface area contributed by atoms with Crippen molar-refractivity contribution in [2.24, 2.45) is 0 Å². The molecule has 1 aliphatic rings. The van der Waals surface area contributed by atoms with Gasteiger partial charge in [-0.15, -0.1) is 0 Å². The molecule has 4 nitrogen and oxygen atoms in total. The SMILES string of the molecule is CN1CNC=C(c2nc3cc(Cl)ccc3o2)C1. The van der Waals surface area contributed by atoms with Gasteiger partial charge in [0.05, 0.1) is 6.67 Å². The summed E-state index contributed by atoms with van der Waals surface area (Å²) in [5, 5.41) is 3.85. The van der Waals surface area contributed by atoms with Crippen LogP contribution in [0.2, 0.25) is 5.02 Å². The first kappa shape index (κ1) is 10.6. The van der Waals surface area contributed by atoms with Crippen molar-refractivity contribution in [1.82, 2.24) is 15.2 Å². The van der Waals surface area contributed by atoms with Crippen molar-refractivity contribution >= 4 is 28.3 Å². The van der Waals surface area contributed by atoms with E-state index in [1.165, 1.54) is 0 Å². The summed E-state index contributed by atoms with van der Waals surface area (Å²) >= 11 is 5.92. The van der Waals surface area contributed by atoms with E-state index in [2.05, 4.69) is 15.2 Å². The molecule has 3 rings (SSSR count). The standard InChI is InChI=1S/C12H12ClN3O/c1-16-6-8(5-14-7-16)12-15-10-4-9(13)2-3-11(10)17-12/h2-5,14H,6-7H2,1H3. The smallest absolute Gasteiger partial charge is 0.226 e. The van der Waals surface area contributed by atoms with Gasteiger partial charge in [-0.2, -0.15) is 0 Å². The van der Waals surface area contributed by atoms with Gasteiger partial charge in [-0.05, 0) is 25.2 Å². The van der Waals surface area contributed by atoms with Crippen LogP contribution < -0.4 is 5.32 Å². The van der Waals surface area contributed by atoms with Crippen LogP contribution in [0.5, 0.6) is 0 Å². The Morgan fingerprint density at radius 3 is 3.18 bits per heavy atom. The zero-order valence-corrected chi connectivity index (χ0v) is 10.2. The Labute approximate surface area is 104 Å². The fraction of sp³-hybridized carbons (Fsp3) is 0.250. The van der Waals surface area contributed by atoms with Crippen LogP contribution >= 0.6 is 11.6 Å². The van der Waals surface area contributed by atoms with Crippen LogP contribution in [0.3, 0.4) is 0 Å². The van der Waals surface area contributed by atoms with Gasteiger partial charge in [-0.1, -0.05) is 11.6 Å². The van der Waals surface area contributed by atoms with Crippen LogP contribution in [-0.2, 0) is 0 Å². The maximum atomic E-state index is 5.92. The van der Waals surface area contributed by atoms with Crippen LogP contribution in [0.15, 0.2) is 28.8 Å². The van der Waals surface area contributed by atoms with E-state index in [4.69, 9.17) is 16.0 Å². The molecule has 0 fully saturated rings. The molecule has 0 amide bonds. The van der Waals surface area contributed by atoms with E-state index in [9.17, 15) is 0 Å². The summed E-state index contributed by atoms with van der Waals surface area (Å²) in [6, 6.07) is 5.46. The summed E-state index contributed by atoms with van der Waals surface area (Å²) in [6.45, 7) is 1.67. The molecular weight excluding hydrogens is 238 g/mol. The lowest BCUT2D eigenvalue weighted by Gasteiger charge is -2.22. The molecule has 1 aromatic heterocycles. The lowest BCUT2D eigenvalue weighted by atomic mass is 10.2. The highest BCUT2D eigenvalue weighted by molar-refractivity contribution is 6.31. The summed E-state index contributed by atoms with van der Waals surface area (Å²) in [5.41, 5.74) is 2.60. The third kappa shape index (κ3) is 2.01. The topological polar surface area (TPSA) is 41.3 Å². The minimum absolute atomic E-state index is 0.654. The van der Waals surface area contributed by atoms with E-state index in [1.54, 1.807) is 6.07 Å². The van der Waals surface area contributed by atoms with Crippen LogP contribution in [0.25, 0.3) is 16.7 Å². The third-order valence-electron chi connectivity index (χ3n) is 2.70. The van der Waals surface area contributed by atoms with Crippen molar-refractivity contribution in [1.29, 1.82) is 0 Å². The van der Waals surface area contributed by atoms with Crippen molar-refractivity contribution in [3.8, 4) is 0 Å². The Morgan fingerprint density at radius 1 is 1.47 bits per heavy atom. The van der Waals surface area contributed by atoms with Gasteiger partial charge in [0, 0.05) is 23.3 Å². The van der Waals surface area contributed by atoms with Gasteiger partial charge >= 0.3 is 0 Å². The number of fused-ring (bicyclic) bond motifs is 1. The summed E-state index contributed by atoms with van der Waals surface area (Å²) in [4.78, 5) is 6.60. The molecule has 1 aromatic carbocycles. The van der Waals surface area contributed by atoms with Crippen LogP contribution in [0, 0.1) is 0 Å². The second-order valence-electron chi connectivity index (χ2n) is 4.18. The van der Waals surface area contributed by atoms with Gasteiger partial charge in [0.15, 0.2) is 5.58 Å². The van der Waals surface area contributed by atoms with Crippen molar-refractivity contribution in [3.05, 3.63) is 35.3 Å². The molecule has 2 aromatic rings. The van der Waals surface area contributed by atoms with Gasteiger partial charge in [0.25, 0.3) is 0 Å². The number of hydrogen-bond acceptors (Lipinski definition) is 4. The largest absolute Gasteiger partial charge is 0.436 e. The molecule has 0 unspecified atom stereocenters. The van der Waals surface area contributed by atoms with E-state index in [0.29, 0.717) is 10.9 Å². The zero-order valence-electron chi connectivity index (χ0n) is 9.40. The highest BCUT2D eigenvalue weighted by Crippen LogP contribution is 2.24. The van der Waals surface area contributed by atoms with E-state index in [0.717, 1.165) is 29.9 Å². The predicted molar refractivity (Wildman–Crippen MR) is 67.6 cm³/mol. The van der Waals surface area contributed by atoms with E-state index < -0.39 is 0 Å². The molecule has 0 saturated carbocycles. The number of halogens is 1. The molecule has 0 radical (unpaired) electrons. The lowest BCUT2D eigenvalue weighted by Crippen LogP contribution is -2.34. The molecule has 17 heavy (non-hydrogen) atoms. The maximum absolute atomic E-state index is 5.92. The normalized spacial score (nSPS) is 16.9. The highest BCUT2D eigenvalue weighted by atomic mass is 35.5. The van der Waals surface area contributed by atoms with Gasteiger partial charge in [-0.3, -0.25) is 4.90 Å². The Morgan fingerprint density at radius 2 is 2.35 bits per heavy atom. The molecule has 0 spiro atoms. The van der Waals surface area contributed by atoms with Crippen LogP contribution in [-0.4, -0.2) is 30.1 Å². The minimum Gasteiger partial charge on any atom is -0.436 e.